The van der Waals surface area contributed by atoms with Crippen LogP contribution in [0.5, 0.6) is 0 Å². The quantitative estimate of drug-likeness (QED) is 0.190. The maximum Gasteiger partial charge on any atom is 0.143 e. The number of anilines is 3. The van der Waals surface area contributed by atoms with E-state index in [0.29, 0.717) is 0 Å². The van der Waals surface area contributed by atoms with Crippen molar-refractivity contribution in [3.05, 3.63) is 176 Å². The van der Waals surface area contributed by atoms with Crippen molar-refractivity contribution in [2.24, 2.45) is 0 Å². The minimum atomic E-state index is 0.852. The SMILES string of the molecule is c1ccc(-c2cccc(N(c3ccccc3-c3cccc4c3oc3ccccc34)c3cccc4oc5c6ccccc6ccc5c34)c2)cc1. The zero-order valence-electron chi connectivity index (χ0n) is 26.5. The van der Waals surface area contributed by atoms with E-state index in [2.05, 4.69) is 169 Å². The third-order valence-corrected chi connectivity index (χ3v) is 9.66. The van der Waals surface area contributed by atoms with Gasteiger partial charge in [0.05, 0.1) is 16.8 Å². The van der Waals surface area contributed by atoms with Crippen LogP contribution in [0, 0.1) is 0 Å². The van der Waals surface area contributed by atoms with Crippen LogP contribution in [0.1, 0.15) is 0 Å². The van der Waals surface area contributed by atoms with Crippen molar-refractivity contribution in [2.75, 3.05) is 4.90 Å². The highest BCUT2D eigenvalue weighted by atomic mass is 16.3. The van der Waals surface area contributed by atoms with Gasteiger partial charge in [0.2, 0.25) is 0 Å². The highest BCUT2D eigenvalue weighted by Gasteiger charge is 2.24. The Morgan fingerprint density at radius 3 is 1.96 bits per heavy atom. The number of nitrogens with zero attached hydrogens (tertiary/aromatic N) is 1. The van der Waals surface area contributed by atoms with Gasteiger partial charge in [-0.2, -0.15) is 0 Å². The second-order valence-electron chi connectivity index (χ2n) is 12.5. The number of hydrogen-bond acceptors (Lipinski definition) is 3. The van der Waals surface area contributed by atoms with E-state index in [1.807, 2.05) is 12.1 Å². The van der Waals surface area contributed by atoms with Crippen LogP contribution in [0.4, 0.5) is 17.1 Å². The van der Waals surface area contributed by atoms with Gasteiger partial charge < -0.3 is 13.7 Å². The molecule has 0 aliphatic carbocycles. The standard InChI is InChI=1S/C46H29NO2/c1-2-13-30(14-3-1)32-16-10-17-33(29-32)47(41-24-12-26-43-44(41)39-28-27-31-15-4-5-18-34(31)45(39)49-43)40-23-8-6-19-35(40)37-21-11-22-38-36-20-7-9-25-42(36)48-46(37)38/h1-29H. The van der Waals surface area contributed by atoms with Gasteiger partial charge in [0.1, 0.15) is 22.3 Å². The van der Waals surface area contributed by atoms with Crippen LogP contribution in [0.15, 0.2) is 185 Å². The Labute approximate surface area is 282 Å². The van der Waals surface area contributed by atoms with E-state index >= 15 is 0 Å². The topological polar surface area (TPSA) is 29.5 Å². The van der Waals surface area contributed by atoms with E-state index in [4.69, 9.17) is 8.83 Å². The van der Waals surface area contributed by atoms with Gasteiger partial charge in [-0.25, -0.2) is 0 Å². The van der Waals surface area contributed by atoms with Crippen molar-refractivity contribution < 1.29 is 8.83 Å². The summed E-state index contributed by atoms with van der Waals surface area (Å²) >= 11 is 0. The number of hydrogen-bond donors (Lipinski definition) is 0. The van der Waals surface area contributed by atoms with Crippen LogP contribution in [0.2, 0.25) is 0 Å². The van der Waals surface area contributed by atoms with Crippen molar-refractivity contribution in [2.45, 2.75) is 0 Å². The summed E-state index contributed by atoms with van der Waals surface area (Å²) in [7, 11) is 0. The first-order valence-electron chi connectivity index (χ1n) is 16.6. The highest BCUT2D eigenvalue weighted by Crippen LogP contribution is 2.48. The van der Waals surface area contributed by atoms with Gasteiger partial charge >= 0.3 is 0 Å². The Morgan fingerprint density at radius 1 is 0.367 bits per heavy atom. The second kappa shape index (κ2) is 11.0. The number of fused-ring (bicyclic) bond motifs is 8. The molecule has 3 nitrogen and oxygen atoms in total. The lowest BCUT2D eigenvalue weighted by molar-refractivity contribution is 0.670. The Balaban J connectivity index is 1.28. The lowest BCUT2D eigenvalue weighted by Gasteiger charge is -2.29. The van der Waals surface area contributed by atoms with E-state index in [9.17, 15) is 0 Å². The van der Waals surface area contributed by atoms with Crippen molar-refractivity contribution in [3.63, 3.8) is 0 Å². The van der Waals surface area contributed by atoms with Crippen LogP contribution in [-0.2, 0) is 0 Å². The highest BCUT2D eigenvalue weighted by molar-refractivity contribution is 6.20. The zero-order chi connectivity index (χ0) is 32.3. The molecule has 0 amide bonds. The molecule has 0 N–H and O–H groups in total. The fourth-order valence-electron chi connectivity index (χ4n) is 7.44. The largest absolute Gasteiger partial charge is 0.455 e. The third kappa shape index (κ3) is 4.37. The molecule has 230 valence electrons. The Morgan fingerprint density at radius 2 is 1.02 bits per heavy atom. The first-order valence-corrected chi connectivity index (χ1v) is 16.6. The van der Waals surface area contributed by atoms with Crippen molar-refractivity contribution in [1.82, 2.24) is 0 Å². The number of rotatable bonds is 5. The molecule has 0 atom stereocenters. The summed E-state index contributed by atoms with van der Waals surface area (Å²) in [5, 5.41) is 6.65. The lowest BCUT2D eigenvalue weighted by atomic mass is 9.98. The maximum absolute atomic E-state index is 6.69. The molecular weight excluding hydrogens is 599 g/mol. The minimum Gasteiger partial charge on any atom is -0.455 e. The molecule has 2 heterocycles. The van der Waals surface area contributed by atoms with Crippen LogP contribution < -0.4 is 4.90 Å². The van der Waals surface area contributed by atoms with E-state index < -0.39 is 0 Å². The first kappa shape index (κ1) is 27.5. The van der Waals surface area contributed by atoms with Gasteiger partial charge in [-0.1, -0.05) is 133 Å². The molecule has 0 aliphatic heterocycles. The number of benzene rings is 8. The summed E-state index contributed by atoms with van der Waals surface area (Å²) in [6.45, 7) is 0. The molecule has 10 rings (SSSR count). The maximum atomic E-state index is 6.69. The summed E-state index contributed by atoms with van der Waals surface area (Å²) in [6.07, 6.45) is 0. The van der Waals surface area contributed by atoms with E-state index in [0.717, 1.165) is 88.4 Å². The molecule has 0 saturated heterocycles. The molecule has 0 fully saturated rings. The second-order valence-corrected chi connectivity index (χ2v) is 12.5. The molecule has 3 heteroatoms. The Bertz CT molecular complexity index is 2840. The average Bonchev–Trinajstić information content (AvgIpc) is 3.75. The molecule has 0 saturated carbocycles. The van der Waals surface area contributed by atoms with Crippen LogP contribution >= 0.6 is 0 Å². The van der Waals surface area contributed by atoms with Gasteiger partial charge in [0.25, 0.3) is 0 Å². The molecule has 0 aliphatic rings. The number of para-hydroxylation sites is 3. The van der Waals surface area contributed by atoms with Gasteiger partial charge in [-0.15, -0.1) is 0 Å². The fraction of sp³-hybridized carbons (Fsp3) is 0. The lowest BCUT2D eigenvalue weighted by Crippen LogP contribution is -2.11. The molecule has 2 aromatic heterocycles. The molecular formula is C46H29NO2. The van der Waals surface area contributed by atoms with Gasteiger partial charge in [0.15, 0.2) is 0 Å². The average molecular weight is 628 g/mol. The van der Waals surface area contributed by atoms with Crippen LogP contribution in [0.3, 0.4) is 0 Å². The Kier molecular flexibility index (Phi) is 6.18. The predicted molar refractivity (Wildman–Crippen MR) is 204 cm³/mol. The fourth-order valence-corrected chi connectivity index (χ4v) is 7.44. The van der Waals surface area contributed by atoms with Gasteiger partial charge in [-0.3, -0.25) is 0 Å². The third-order valence-electron chi connectivity index (χ3n) is 9.66. The van der Waals surface area contributed by atoms with E-state index in [1.165, 1.54) is 5.56 Å². The Hall–Kier alpha value is -6.58. The summed E-state index contributed by atoms with van der Waals surface area (Å²) in [6, 6.07) is 61.9. The van der Waals surface area contributed by atoms with E-state index in [1.54, 1.807) is 0 Å². The summed E-state index contributed by atoms with van der Waals surface area (Å²) in [4.78, 5) is 2.38. The van der Waals surface area contributed by atoms with Crippen molar-refractivity contribution in [1.29, 1.82) is 0 Å². The summed E-state index contributed by atoms with van der Waals surface area (Å²) in [5.74, 6) is 0. The van der Waals surface area contributed by atoms with Gasteiger partial charge in [0, 0.05) is 38.4 Å². The molecule has 0 unspecified atom stereocenters. The summed E-state index contributed by atoms with van der Waals surface area (Å²) in [5.41, 5.74) is 11.1. The molecule has 0 radical (unpaired) electrons. The molecule has 10 aromatic rings. The van der Waals surface area contributed by atoms with Crippen LogP contribution in [-0.4, -0.2) is 0 Å². The minimum absolute atomic E-state index is 0.852. The van der Waals surface area contributed by atoms with Crippen LogP contribution in [0.25, 0.3) is 76.9 Å². The smallest absolute Gasteiger partial charge is 0.143 e. The normalized spacial score (nSPS) is 11.7. The summed E-state index contributed by atoms with van der Waals surface area (Å²) < 4.78 is 13.3. The predicted octanol–water partition coefficient (Wildman–Crippen LogP) is 13.4. The van der Waals surface area contributed by atoms with E-state index in [-0.39, 0.29) is 0 Å². The molecule has 0 spiro atoms. The zero-order valence-corrected chi connectivity index (χ0v) is 26.5. The van der Waals surface area contributed by atoms with Crippen molar-refractivity contribution >= 4 is 71.7 Å². The first-order chi connectivity index (χ1) is 24.3. The molecule has 49 heavy (non-hydrogen) atoms. The van der Waals surface area contributed by atoms with Gasteiger partial charge in [-0.05, 0) is 59.0 Å². The monoisotopic (exact) mass is 627 g/mol. The van der Waals surface area contributed by atoms with Crippen molar-refractivity contribution in [3.8, 4) is 22.3 Å². The molecule has 0 bridgehead atoms. The molecule has 8 aromatic carbocycles. The number of furan rings is 2.